The molecule has 0 unspecified atom stereocenters. The highest BCUT2D eigenvalue weighted by Gasteiger charge is 2.12. The summed E-state index contributed by atoms with van der Waals surface area (Å²) in [7, 11) is 0. The van der Waals surface area contributed by atoms with Crippen molar-refractivity contribution < 1.29 is 4.79 Å². The Kier molecular flexibility index (Phi) is 4.50. The SMILES string of the molecule is CC(=NNc1ccc(C2=NNC(=O)CC2)cc1)C(C)C. The highest BCUT2D eigenvalue weighted by molar-refractivity contribution is 6.04. The third-order valence-electron chi connectivity index (χ3n) is 3.32. The Balaban J connectivity index is 2.03. The Labute approximate surface area is 119 Å². The van der Waals surface area contributed by atoms with Gasteiger partial charge in [-0.3, -0.25) is 10.2 Å². The Bertz CT molecular complexity index is 543. The van der Waals surface area contributed by atoms with Gasteiger partial charge in [0, 0.05) is 18.6 Å². The second-order valence-corrected chi connectivity index (χ2v) is 5.19. The first-order valence-corrected chi connectivity index (χ1v) is 6.82. The van der Waals surface area contributed by atoms with Crippen LogP contribution in [-0.2, 0) is 4.79 Å². The molecule has 0 bridgehead atoms. The Morgan fingerprint density at radius 2 is 2.00 bits per heavy atom. The number of hydrazone groups is 2. The number of amides is 1. The average molecular weight is 272 g/mol. The van der Waals surface area contributed by atoms with Crippen molar-refractivity contribution >= 4 is 23.0 Å². The first-order valence-electron chi connectivity index (χ1n) is 6.82. The molecule has 1 amide bonds. The van der Waals surface area contributed by atoms with Gasteiger partial charge in [-0.15, -0.1) is 0 Å². The van der Waals surface area contributed by atoms with Crippen LogP contribution in [0.4, 0.5) is 5.69 Å². The van der Waals surface area contributed by atoms with Crippen molar-refractivity contribution in [1.82, 2.24) is 5.43 Å². The molecule has 0 aliphatic carbocycles. The van der Waals surface area contributed by atoms with Crippen molar-refractivity contribution in [2.75, 3.05) is 5.43 Å². The van der Waals surface area contributed by atoms with Crippen LogP contribution < -0.4 is 10.9 Å². The highest BCUT2D eigenvalue weighted by atomic mass is 16.2. The van der Waals surface area contributed by atoms with Gasteiger partial charge < -0.3 is 0 Å². The van der Waals surface area contributed by atoms with E-state index in [1.807, 2.05) is 31.2 Å². The lowest BCUT2D eigenvalue weighted by Gasteiger charge is -2.12. The predicted molar refractivity (Wildman–Crippen MR) is 81.9 cm³/mol. The maximum Gasteiger partial charge on any atom is 0.240 e. The van der Waals surface area contributed by atoms with Crippen LogP contribution in [0.1, 0.15) is 39.2 Å². The number of carbonyl (C=O) groups excluding carboxylic acids is 1. The first-order chi connectivity index (χ1) is 9.56. The third kappa shape index (κ3) is 3.66. The zero-order valence-corrected chi connectivity index (χ0v) is 12.1. The van der Waals surface area contributed by atoms with Crippen LogP contribution in [0.5, 0.6) is 0 Å². The van der Waals surface area contributed by atoms with Crippen molar-refractivity contribution in [2.45, 2.75) is 33.6 Å². The summed E-state index contributed by atoms with van der Waals surface area (Å²) >= 11 is 0. The third-order valence-corrected chi connectivity index (χ3v) is 3.32. The van der Waals surface area contributed by atoms with Gasteiger partial charge in [0.25, 0.3) is 0 Å². The van der Waals surface area contributed by atoms with Crippen LogP contribution >= 0.6 is 0 Å². The first kappa shape index (κ1) is 14.2. The van der Waals surface area contributed by atoms with Gasteiger partial charge in [-0.1, -0.05) is 26.0 Å². The molecule has 1 heterocycles. The molecule has 0 spiro atoms. The maximum absolute atomic E-state index is 11.1. The van der Waals surface area contributed by atoms with E-state index in [0.29, 0.717) is 18.8 Å². The van der Waals surface area contributed by atoms with E-state index in [1.165, 1.54) is 0 Å². The van der Waals surface area contributed by atoms with Gasteiger partial charge in [0.1, 0.15) is 0 Å². The summed E-state index contributed by atoms with van der Waals surface area (Å²) in [6.07, 6.45) is 1.18. The summed E-state index contributed by atoms with van der Waals surface area (Å²) in [4.78, 5) is 11.1. The van der Waals surface area contributed by atoms with Crippen LogP contribution in [0.3, 0.4) is 0 Å². The van der Waals surface area contributed by atoms with E-state index < -0.39 is 0 Å². The maximum atomic E-state index is 11.1. The van der Waals surface area contributed by atoms with Gasteiger partial charge >= 0.3 is 0 Å². The van der Waals surface area contributed by atoms with E-state index in [1.54, 1.807) is 0 Å². The molecular formula is C15H20N4O. The normalized spacial score (nSPS) is 15.9. The molecule has 20 heavy (non-hydrogen) atoms. The number of hydrogen-bond acceptors (Lipinski definition) is 4. The standard InChI is InChI=1S/C15H20N4O/c1-10(2)11(3)16-17-13-6-4-12(5-7-13)14-8-9-15(20)19-18-14/h4-7,10,17H,8-9H2,1-3H3,(H,19,20). The van der Waals surface area contributed by atoms with Crippen molar-refractivity contribution in [3.05, 3.63) is 29.8 Å². The molecule has 0 atom stereocenters. The summed E-state index contributed by atoms with van der Waals surface area (Å²) in [5.74, 6) is 0.410. The number of nitrogens with zero attached hydrogens (tertiary/aromatic N) is 2. The predicted octanol–water partition coefficient (Wildman–Crippen LogP) is 2.74. The van der Waals surface area contributed by atoms with Gasteiger partial charge in [-0.05, 0) is 30.5 Å². The van der Waals surface area contributed by atoms with Gasteiger partial charge in [0.15, 0.2) is 0 Å². The lowest BCUT2D eigenvalue weighted by atomic mass is 10.0. The van der Waals surface area contributed by atoms with Crippen molar-refractivity contribution in [3.63, 3.8) is 0 Å². The number of benzene rings is 1. The zero-order valence-electron chi connectivity index (χ0n) is 12.1. The summed E-state index contributed by atoms with van der Waals surface area (Å²) < 4.78 is 0. The van der Waals surface area contributed by atoms with E-state index in [-0.39, 0.29) is 5.91 Å². The molecule has 0 radical (unpaired) electrons. The molecule has 1 aliphatic rings. The Hall–Kier alpha value is -2.17. The number of hydrogen-bond donors (Lipinski definition) is 2. The van der Waals surface area contributed by atoms with E-state index in [0.717, 1.165) is 22.7 Å². The largest absolute Gasteiger partial charge is 0.279 e. The zero-order chi connectivity index (χ0) is 14.5. The van der Waals surface area contributed by atoms with E-state index in [2.05, 4.69) is 34.9 Å². The molecule has 5 heteroatoms. The van der Waals surface area contributed by atoms with Crippen LogP contribution in [0, 0.1) is 5.92 Å². The number of anilines is 1. The average Bonchev–Trinajstić information content (AvgIpc) is 2.46. The minimum Gasteiger partial charge on any atom is -0.279 e. The molecule has 0 saturated carbocycles. The van der Waals surface area contributed by atoms with E-state index in [4.69, 9.17) is 0 Å². The molecule has 1 aromatic rings. The Morgan fingerprint density at radius 1 is 1.30 bits per heavy atom. The summed E-state index contributed by atoms with van der Waals surface area (Å²) in [5, 5.41) is 8.40. The molecule has 0 saturated heterocycles. The van der Waals surface area contributed by atoms with Crippen LogP contribution in [-0.4, -0.2) is 17.3 Å². The molecule has 1 aromatic carbocycles. The second kappa shape index (κ2) is 6.32. The smallest absolute Gasteiger partial charge is 0.240 e. The number of carbonyl (C=O) groups is 1. The summed E-state index contributed by atoms with van der Waals surface area (Å²) in [6, 6.07) is 7.90. The number of rotatable bonds is 4. The monoisotopic (exact) mass is 272 g/mol. The van der Waals surface area contributed by atoms with Crippen molar-refractivity contribution in [2.24, 2.45) is 16.1 Å². The summed E-state index contributed by atoms with van der Waals surface area (Å²) in [5.41, 5.74) is 9.50. The molecule has 5 nitrogen and oxygen atoms in total. The lowest BCUT2D eigenvalue weighted by molar-refractivity contribution is -0.121. The molecular weight excluding hydrogens is 252 g/mol. The van der Waals surface area contributed by atoms with Crippen LogP contribution in [0.15, 0.2) is 34.5 Å². The fourth-order valence-electron chi connectivity index (χ4n) is 1.70. The number of nitrogens with one attached hydrogen (secondary N) is 2. The molecule has 0 aromatic heterocycles. The topological polar surface area (TPSA) is 65.8 Å². The second-order valence-electron chi connectivity index (χ2n) is 5.19. The lowest BCUT2D eigenvalue weighted by Crippen LogP contribution is -2.25. The van der Waals surface area contributed by atoms with E-state index >= 15 is 0 Å². The van der Waals surface area contributed by atoms with Gasteiger partial charge in [0.2, 0.25) is 5.91 Å². The minimum absolute atomic E-state index is 0.0227. The van der Waals surface area contributed by atoms with Crippen molar-refractivity contribution in [1.29, 1.82) is 0 Å². The summed E-state index contributed by atoms with van der Waals surface area (Å²) in [6.45, 7) is 6.23. The Morgan fingerprint density at radius 3 is 2.55 bits per heavy atom. The fraction of sp³-hybridized carbons (Fsp3) is 0.400. The van der Waals surface area contributed by atoms with Crippen molar-refractivity contribution in [3.8, 4) is 0 Å². The highest BCUT2D eigenvalue weighted by Crippen LogP contribution is 2.14. The van der Waals surface area contributed by atoms with Gasteiger partial charge in [-0.2, -0.15) is 10.2 Å². The van der Waals surface area contributed by atoms with Crippen LogP contribution in [0.25, 0.3) is 0 Å². The van der Waals surface area contributed by atoms with Gasteiger partial charge in [0.05, 0.1) is 11.4 Å². The van der Waals surface area contributed by atoms with Gasteiger partial charge in [-0.25, -0.2) is 5.43 Å². The molecule has 2 N–H and O–H groups in total. The van der Waals surface area contributed by atoms with Crippen LogP contribution in [0.2, 0.25) is 0 Å². The fourth-order valence-corrected chi connectivity index (χ4v) is 1.70. The molecule has 106 valence electrons. The molecule has 0 fully saturated rings. The van der Waals surface area contributed by atoms with E-state index in [9.17, 15) is 4.79 Å². The molecule has 2 rings (SSSR count). The quantitative estimate of drug-likeness (QED) is 0.654. The molecule has 1 aliphatic heterocycles. The minimum atomic E-state index is -0.0227.